The summed E-state index contributed by atoms with van der Waals surface area (Å²) in [4.78, 5) is 12.0. The van der Waals surface area contributed by atoms with Gasteiger partial charge in [0.05, 0.1) is 21.3 Å². The second-order valence-corrected chi connectivity index (χ2v) is 4.74. The normalized spacial score (nSPS) is 9.68. The topological polar surface area (TPSA) is 56.8 Å². The van der Waals surface area contributed by atoms with Gasteiger partial charge in [0, 0.05) is 16.6 Å². The van der Waals surface area contributed by atoms with E-state index < -0.39 is 0 Å². The number of halogens is 1. The number of methoxy groups -OCH3 is 3. The maximum Gasteiger partial charge on any atom is 0.251 e. The standard InChI is InChI=1S/C13H16BrNO4/c1-8(14)7-15-13(16)9-5-10(17-2)12(19-4)11(6-9)18-3/h5-6H,1,7H2,2-4H3,(H,15,16). The van der Waals surface area contributed by atoms with E-state index in [0.29, 0.717) is 33.8 Å². The van der Waals surface area contributed by atoms with Gasteiger partial charge in [-0.15, -0.1) is 0 Å². The molecule has 104 valence electrons. The van der Waals surface area contributed by atoms with Gasteiger partial charge in [0.2, 0.25) is 5.75 Å². The summed E-state index contributed by atoms with van der Waals surface area (Å²) in [5.41, 5.74) is 0.420. The van der Waals surface area contributed by atoms with E-state index in [1.54, 1.807) is 12.1 Å². The van der Waals surface area contributed by atoms with Crippen LogP contribution < -0.4 is 19.5 Å². The Morgan fingerprint density at radius 1 is 1.21 bits per heavy atom. The van der Waals surface area contributed by atoms with Gasteiger partial charge >= 0.3 is 0 Å². The zero-order chi connectivity index (χ0) is 14.4. The Morgan fingerprint density at radius 2 is 1.74 bits per heavy atom. The average molecular weight is 330 g/mol. The number of ether oxygens (including phenoxy) is 3. The van der Waals surface area contributed by atoms with Gasteiger partial charge in [0.25, 0.3) is 5.91 Å². The minimum atomic E-state index is -0.250. The van der Waals surface area contributed by atoms with Crippen molar-refractivity contribution in [2.45, 2.75) is 0 Å². The fourth-order valence-corrected chi connectivity index (χ4v) is 1.63. The molecule has 0 fully saturated rings. The van der Waals surface area contributed by atoms with E-state index in [2.05, 4.69) is 27.8 Å². The summed E-state index contributed by atoms with van der Waals surface area (Å²) in [5.74, 6) is 1.07. The lowest BCUT2D eigenvalue weighted by atomic mass is 10.1. The van der Waals surface area contributed by atoms with Crippen LogP contribution in [0.5, 0.6) is 17.2 Å². The number of rotatable bonds is 6. The smallest absolute Gasteiger partial charge is 0.251 e. The third kappa shape index (κ3) is 3.89. The van der Waals surface area contributed by atoms with Crippen LogP contribution in [0.15, 0.2) is 23.2 Å². The van der Waals surface area contributed by atoms with Crippen LogP contribution in [0.3, 0.4) is 0 Å². The van der Waals surface area contributed by atoms with Crippen molar-refractivity contribution in [2.24, 2.45) is 0 Å². The zero-order valence-corrected chi connectivity index (χ0v) is 12.7. The lowest BCUT2D eigenvalue weighted by Gasteiger charge is -2.14. The van der Waals surface area contributed by atoms with Gasteiger partial charge in [-0.1, -0.05) is 22.5 Å². The predicted octanol–water partition coefficient (Wildman–Crippen LogP) is 2.35. The zero-order valence-electron chi connectivity index (χ0n) is 11.1. The van der Waals surface area contributed by atoms with Crippen LogP contribution in [0.1, 0.15) is 10.4 Å². The number of carbonyl (C=O) groups is 1. The van der Waals surface area contributed by atoms with E-state index in [0.717, 1.165) is 0 Å². The molecule has 0 atom stereocenters. The summed E-state index contributed by atoms with van der Waals surface area (Å²) in [7, 11) is 4.51. The number of hydrogen-bond acceptors (Lipinski definition) is 4. The van der Waals surface area contributed by atoms with E-state index >= 15 is 0 Å². The van der Waals surface area contributed by atoms with Crippen LogP contribution in [0, 0.1) is 0 Å². The maximum absolute atomic E-state index is 12.0. The van der Waals surface area contributed by atoms with Crippen molar-refractivity contribution in [2.75, 3.05) is 27.9 Å². The third-order valence-electron chi connectivity index (χ3n) is 2.37. The first kappa shape index (κ1) is 15.4. The quantitative estimate of drug-likeness (QED) is 0.870. The first-order valence-electron chi connectivity index (χ1n) is 5.45. The highest BCUT2D eigenvalue weighted by Crippen LogP contribution is 2.38. The number of nitrogens with one attached hydrogen (secondary N) is 1. The molecule has 19 heavy (non-hydrogen) atoms. The number of amides is 1. The Hall–Kier alpha value is -1.69. The summed E-state index contributed by atoms with van der Waals surface area (Å²) < 4.78 is 16.2. The summed E-state index contributed by atoms with van der Waals surface area (Å²) in [6, 6.07) is 3.18. The van der Waals surface area contributed by atoms with Gasteiger partial charge in [-0.2, -0.15) is 0 Å². The van der Waals surface area contributed by atoms with Gasteiger partial charge in [-0.3, -0.25) is 4.79 Å². The van der Waals surface area contributed by atoms with Crippen LogP contribution in [0.25, 0.3) is 0 Å². The molecule has 1 rings (SSSR count). The highest BCUT2D eigenvalue weighted by atomic mass is 79.9. The van der Waals surface area contributed by atoms with Crippen molar-refractivity contribution in [1.29, 1.82) is 0 Å². The highest BCUT2D eigenvalue weighted by Gasteiger charge is 2.16. The molecule has 0 aliphatic rings. The first-order valence-corrected chi connectivity index (χ1v) is 6.24. The molecule has 1 N–H and O–H groups in total. The molecule has 1 aromatic rings. The average Bonchev–Trinajstić information content (AvgIpc) is 2.42. The van der Waals surface area contributed by atoms with Gasteiger partial charge in [0.15, 0.2) is 11.5 Å². The lowest BCUT2D eigenvalue weighted by molar-refractivity contribution is 0.0957. The molecule has 0 aromatic heterocycles. The van der Waals surface area contributed by atoms with Crippen molar-refractivity contribution < 1.29 is 19.0 Å². The molecule has 1 amide bonds. The molecular weight excluding hydrogens is 314 g/mol. The van der Waals surface area contributed by atoms with Gasteiger partial charge < -0.3 is 19.5 Å². The summed E-state index contributed by atoms with van der Waals surface area (Å²) >= 11 is 3.18. The molecule has 0 aliphatic heterocycles. The highest BCUT2D eigenvalue weighted by molar-refractivity contribution is 9.11. The van der Waals surface area contributed by atoms with E-state index in [1.165, 1.54) is 21.3 Å². The Morgan fingerprint density at radius 3 is 2.11 bits per heavy atom. The van der Waals surface area contributed by atoms with Gasteiger partial charge in [-0.05, 0) is 12.1 Å². The second kappa shape index (κ2) is 7.04. The molecule has 5 nitrogen and oxygen atoms in total. The molecule has 0 aliphatic carbocycles. The summed E-state index contributed by atoms with van der Waals surface area (Å²) in [6.45, 7) is 3.99. The monoisotopic (exact) mass is 329 g/mol. The van der Waals surface area contributed by atoms with Crippen molar-refractivity contribution in [1.82, 2.24) is 5.32 Å². The summed E-state index contributed by atoms with van der Waals surface area (Å²) in [6.07, 6.45) is 0. The Balaban J connectivity index is 3.08. The molecule has 0 unspecified atom stereocenters. The first-order chi connectivity index (χ1) is 9.03. The van der Waals surface area contributed by atoms with E-state index in [1.807, 2.05) is 0 Å². The largest absolute Gasteiger partial charge is 0.493 e. The SMILES string of the molecule is C=C(Br)CNC(=O)c1cc(OC)c(OC)c(OC)c1. The number of hydrogen-bond donors (Lipinski definition) is 1. The van der Waals surface area contributed by atoms with Crippen molar-refractivity contribution in [3.8, 4) is 17.2 Å². The Labute approximate surface area is 120 Å². The molecule has 0 saturated heterocycles. The van der Waals surface area contributed by atoms with Crippen LogP contribution in [-0.2, 0) is 0 Å². The van der Waals surface area contributed by atoms with Crippen LogP contribution >= 0.6 is 15.9 Å². The van der Waals surface area contributed by atoms with Crippen LogP contribution in [0.4, 0.5) is 0 Å². The minimum Gasteiger partial charge on any atom is -0.493 e. The van der Waals surface area contributed by atoms with Crippen molar-refractivity contribution in [3.05, 3.63) is 28.8 Å². The molecule has 0 radical (unpaired) electrons. The van der Waals surface area contributed by atoms with E-state index in [9.17, 15) is 4.79 Å². The predicted molar refractivity (Wildman–Crippen MR) is 76.5 cm³/mol. The fraction of sp³-hybridized carbons (Fsp3) is 0.308. The van der Waals surface area contributed by atoms with E-state index in [4.69, 9.17) is 14.2 Å². The molecule has 0 saturated carbocycles. The van der Waals surface area contributed by atoms with E-state index in [-0.39, 0.29) is 5.91 Å². The molecule has 0 heterocycles. The van der Waals surface area contributed by atoms with Gasteiger partial charge in [-0.25, -0.2) is 0 Å². The molecule has 6 heteroatoms. The Bertz CT molecular complexity index is 463. The Kier molecular flexibility index (Phi) is 5.69. The second-order valence-electron chi connectivity index (χ2n) is 3.61. The van der Waals surface area contributed by atoms with Crippen LogP contribution in [0.2, 0.25) is 0 Å². The molecule has 0 bridgehead atoms. The van der Waals surface area contributed by atoms with Crippen molar-refractivity contribution in [3.63, 3.8) is 0 Å². The number of carbonyl (C=O) groups excluding carboxylic acids is 1. The molecule has 0 spiro atoms. The van der Waals surface area contributed by atoms with Gasteiger partial charge in [0.1, 0.15) is 0 Å². The summed E-state index contributed by atoms with van der Waals surface area (Å²) in [5, 5.41) is 2.70. The van der Waals surface area contributed by atoms with Crippen molar-refractivity contribution >= 4 is 21.8 Å². The maximum atomic E-state index is 12.0. The third-order valence-corrected chi connectivity index (χ3v) is 2.65. The molecular formula is C13H16BrNO4. The minimum absolute atomic E-state index is 0.250. The molecule has 1 aromatic carbocycles. The fourth-order valence-electron chi connectivity index (χ4n) is 1.49. The lowest BCUT2D eigenvalue weighted by Crippen LogP contribution is -2.24. The number of benzene rings is 1. The van der Waals surface area contributed by atoms with Crippen LogP contribution in [-0.4, -0.2) is 33.8 Å².